The van der Waals surface area contributed by atoms with E-state index in [1.165, 1.54) is 11.1 Å². The third kappa shape index (κ3) is 3.21. The molecule has 0 spiro atoms. The van der Waals surface area contributed by atoms with Crippen molar-refractivity contribution < 1.29 is 4.79 Å². The van der Waals surface area contributed by atoms with Gasteiger partial charge in [0.1, 0.15) is 0 Å². The predicted molar refractivity (Wildman–Crippen MR) is 82.5 cm³/mol. The lowest BCUT2D eigenvalue weighted by Crippen LogP contribution is -2.38. The van der Waals surface area contributed by atoms with Gasteiger partial charge in [0.05, 0.1) is 0 Å². The number of amides is 1. The Morgan fingerprint density at radius 3 is 2.70 bits per heavy atom. The highest BCUT2D eigenvalue weighted by molar-refractivity contribution is 5.77. The molecule has 1 aromatic rings. The Labute approximate surface area is 122 Å². The van der Waals surface area contributed by atoms with Crippen LogP contribution in [0.25, 0.3) is 0 Å². The third-order valence-electron chi connectivity index (χ3n) is 4.09. The van der Waals surface area contributed by atoms with Crippen molar-refractivity contribution in [3.8, 4) is 0 Å². The first-order valence-corrected chi connectivity index (χ1v) is 7.51. The van der Waals surface area contributed by atoms with Crippen LogP contribution in [0.3, 0.4) is 0 Å². The molecular formula is C17H26N2O. The van der Waals surface area contributed by atoms with Crippen molar-refractivity contribution in [2.24, 2.45) is 11.3 Å². The number of hydrogen-bond acceptors (Lipinski definition) is 2. The summed E-state index contributed by atoms with van der Waals surface area (Å²) < 4.78 is 0. The van der Waals surface area contributed by atoms with Gasteiger partial charge in [-0.05, 0) is 23.0 Å². The maximum absolute atomic E-state index is 11.5. The maximum Gasteiger partial charge on any atom is 0.222 e. The van der Waals surface area contributed by atoms with Gasteiger partial charge in [-0.3, -0.25) is 4.79 Å². The van der Waals surface area contributed by atoms with Gasteiger partial charge in [-0.25, -0.2) is 0 Å². The fourth-order valence-electron chi connectivity index (χ4n) is 2.98. The highest BCUT2D eigenvalue weighted by Gasteiger charge is 2.38. The highest BCUT2D eigenvalue weighted by Crippen LogP contribution is 2.44. The molecule has 0 aliphatic heterocycles. The van der Waals surface area contributed by atoms with Crippen LogP contribution in [0.4, 0.5) is 0 Å². The van der Waals surface area contributed by atoms with Crippen LogP contribution in [-0.4, -0.2) is 19.0 Å². The largest absolute Gasteiger partial charge is 0.355 e. The summed E-state index contributed by atoms with van der Waals surface area (Å²) in [6, 6.07) is 9.03. The molecule has 2 N–H and O–H groups in total. The van der Waals surface area contributed by atoms with E-state index >= 15 is 0 Å². The normalized spacial score (nSPS) is 19.9. The molecule has 110 valence electrons. The highest BCUT2D eigenvalue weighted by atomic mass is 16.1. The Balaban J connectivity index is 1.91. The quantitative estimate of drug-likeness (QED) is 0.811. The average Bonchev–Trinajstić information content (AvgIpc) is 2.64. The van der Waals surface area contributed by atoms with E-state index < -0.39 is 0 Å². The van der Waals surface area contributed by atoms with Crippen LogP contribution in [-0.2, 0) is 11.2 Å². The number of carbonyl (C=O) groups is 1. The van der Waals surface area contributed by atoms with Crippen LogP contribution in [0.15, 0.2) is 24.3 Å². The molecule has 2 rings (SSSR count). The Morgan fingerprint density at radius 2 is 2.00 bits per heavy atom. The number of hydrogen-bond donors (Lipinski definition) is 2. The molecule has 0 saturated carbocycles. The molecule has 0 heterocycles. The van der Waals surface area contributed by atoms with Gasteiger partial charge in [-0.2, -0.15) is 0 Å². The summed E-state index contributed by atoms with van der Waals surface area (Å²) in [6.45, 7) is 9.93. The smallest absolute Gasteiger partial charge is 0.222 e. The molecule has 1 aliphatic carbocycles. The van der Waals surface area contributed by atoms with E-state index in [1.807, 2.05) is 13.8 Å². The molecular weight excluding hydrogens is 248 g/mol. The first-order chi connectivity index (χ1) is 9.42. The van der Waals surface area contributed by atoms with E-state index in [4.69, 9.17) is 0 Å². The second kappa shape index (κ2) is 5.96. The lowest BCUT2D eigenvalue weighted by Gasteiger charge is -2.28. The summed E-state index contributed by atoms with van der Waals surface area (Å²) in [6.07, 6.45) is 1.11. The van der Waals surface area contributed by atoms with Crippen molar-refractivity contribution in [1.29, 1.82) is 0 Å². The van der Waals surface area contributed by atoms with Crippen LogP contribution in [0.2, 0.25) is 0 Å². The second-order valence-corrected chi connectivity index (χ2v) is 6.70. The van der Waals surface area contributed by atoms with Gasteiger partial charge in [0, 0.05) is 25.0 Å². The van der Waals surface area contributed by atoms with Crippen molar-refractivity contribution in [3.63, 3.8) is 0 Å². The fourth-order valence-corrected chi connectivity index (χ4v) is 2.98. The van der Waals surface area contributed by atoms with Crippen LogP contribution in [0.5, 0.6) is 0 Å². The summed E-state index contributed by atoms with van der Waals surface area (Å²) in [7, 11) is 0. The molecule has 1 atom stereocenters. The summed E-state index contributed by atoms with van der Waals surface area (Å²) in [5, 5.41) is 6.56. The number of benzene rings is 1. The van der Waals surface area contributed by atoms with Gasteiger partial charge in [0.25, 0.3) is 0 Å². The van der Waals surface area contributed by atoms with E-state index in [2.05, 4.69) is 48.7 Å². The monoisotopic (exact) mass is 274 g/mol. The first-order valence-electron chi connectivity index (χ1n) is 7.51. The molecule has 1 unspecified atom stereocenters. The van der Waals surface area contributed by atoms with Crippen LogP contribution < -0.4 is 10.6 Å². The van der Waals surface area contributed by atoms with Crippen LogP contribution in [0.1, 0.15) is 44.9 Å². The van der Waals surface area contributed by atoms with Gasteiger partial charge >= 0.3 is 0 Å². The lowest BCUT2D eigenvalue weighted by molar-refractivity contribution is -0.123. The van der Waals surface area contributed by atoms with E-state index in [9.17, 15) is 4.79 Å². The number of carbonyl (C=O) groups excluding carboxylic acids is 1. The van der Waals surface area contributed by atoms with Crippen molar-refractivity contribution in [2.45, 2.75) is 40.2 Å². The predicted octanol–water partition coefficient (Wildman–Crippen LogP) is 2.67. The van der Waals surface area contributed by atoms with Crippen molar-refractivity contribution >= 4 is 5.91 Å². The summed E-state index contributed by atoms with van der Waals surface area (Å²) >= 11 is 0. The number of nitrogens with one attached hydrogen (secondary N) is 2. The molecule has 1 aliphatic rings. The zero-order valence-corrected chi connectivity index (χ0v) is 13.0. The standard InChI is InChI=1S/C17H26N2O/c1-12(2)16(20)19-10-9-18-15-14-8-6-5-7-13(14)11-17(15,3)4/h5-8,12,15,18H,9-11H2,1-4H3,(H,19,20). The topological polar surface area (TPSA) is 41.1 Å². The van der Waals surface area contributed by atoms with E-state index in [0.29, 0.717) is 12.6 Å². The Kier molecular flexibility index (Phi) is 4.48. The zero-order chi connectivity index (χ0) is 14.8. The third-order valence-corrected chi connectivity index (χ3v) is 4.09. The van der Waals surface area contributed by atoms with Crippen molar-refractivity contribution in [1.82, 2.24) is 10.6 Å². The summed E-state index contributed by atoms with van der Waals surface area (Å²) in [4.78, 5) is 11.5. The second-order valence-electron chi connectivity index (χ2n) is 6.70. The number of fused-ring (bicyclic) bond motifs is 1. The average molecular weight is 274 g/mol. The minimum atomic E-state index is 0.0543. The first kappa shape index (κ1) is 15.0. The minimum Gasteiger partial charge on any atom is -0.355 e. The molecule has 1 amide bonds. The molecule has 0 saturated heterocycles. The Bertz CT molecular complexity index is 480. The molecule has 3 heteroatoms. The van der Waals surface area contributed by atoms with Gasteiger partial charge in [0.15, 0.2) is 0 Å². The minimum absolute atomic E-state index is 0.0543. The molecule has 0 fully saturated rings. The summed E-state index contributed by atoms with van der Waals surface area (Å²) in [5.41, 5.74) is 3.08. The lowest BCUT2D eigenvalue weighted by atomic mass is 9.85. The van der Waals surface area contributed by atoms with Crippen molar-refractivity contribution in [2.75, 3.05) is 13.1 Å². The van der Waals surface area contributed by atoms with Crippen LogP contribution in [0, 0.1) is 11.3 Å². The van der Waals surface area contributed by atoms with Crippen LogP contribution >= 0.6 is 0 Å². The van der Waals surface area contributed by atoms with E-state index in [0.717, 1.165) is 13.0 Å². The molecule has 0 bridgehead atoms. The zero-order valence-electron chi connectivity index (χ0n) is 13.0. The van der Waals surface area contributed by atoms with E-state index in [-0.39, 0.29) is 17.2 Å². The fraction of sp³-hybridized carbons (Fsp3) is 0.588. The molecule has 3 nitrogen and oxygen atoms in total. The maximum atomic E-state index is 11.5. The van der Waals surface area contributed by atoms with Gasteiger partial charge in [-0.15, -0.1) is 0 Å². The van der Waals surface area contributed by atoms with E-state index in [1.54, 1.807) is 0 Å². The molecule has 1 aromatic carbocycles. The van der Waals surface area contributed by atoms with Gasteiger partial charge in [0.2, 0.25) is 5.91 Å². The van der Waals surface area contributed by atoms with Gasteiger partial charge < -0.3 is 10.6 Å². The SMILES string of the molecule is CC(C)C(=O)NCCNC1c2ccccc2CC1(C)C. The molecule has 0 aromatic heterocycles. The molecule has 0 radical (unpaired) electrons. The Morgan fingerprint density at radius 1 is 1.30 bits per heavy atom. The van der Waals surface area contributed by atoms with Crippen molar-refractivity contribution in [3.05, 3.63) is 35.4 Å². The van der Waals surface area contributed by atoms with Gasteiger partial charge in [-0.1, -0.05) is 52.0 Å². The summed E-state index contributed by atoms with van der Waals surface area (Å²) in [5.74, 6) is 0.177. The number of rotatable bonds is 5. The molecule has 20 heavy (non-hydrogen) atoms. The Hall–Kier alpha value is -1.35.